The number of hydrogen-bond acceptors (Lipinski definition) is 3. The molecular weight excluding hydrogens is 322 g/mol. The van der Waals surface area contributed by atoms with Crippen LogP contribution in [0.3, 0.4) is 0 Å². The van der Waals surface area contributed by atoms with Crippen LogP contribution in [0, 0.1) is 0 Å². The second kappa shape index (κ2) is 7.40. The summed E-state index contributed by atoms with van der Waals surface area (Å²) in [4.78, 5) is 17.2. The third-order valence-electron chi connectivity index (χ3n) is 4.49. The highest BCUT2D eigenvalue weighted by Gasteiger charge is 2.22. The Hall–Kier alpha value is -3.14. The van der Waals surface area contributed by atoms with Crippen LogP contribution in [0.15, 0.2) is 79.0 Å². The van der Waals surface area contributed by atoms with Gasteiger partial charge < -0.3 is 10.6 Å². The van der Waals surface area contributed by atoms with Crippen molar-refractivity contribution in [1.82, 2.24) is 10.3 Å². The number of pyridine rings is 1. The molecule has 1 aliphatic rings. The van der Waals surface area contributed by atoms with Crippen LogP contribution in [0.5, 0.6) is 0 Å². The van der Waals surface area contributed by atoms with E-state index in [0.717, 1.165) is 16.9 Å². The van der Waals surface area contributed by atoms with Gasteiger partial charge in [-0.05, 0) is 36.1 Å². The first-order valence-electron chi connectivity index (χ1n) is 8.93. The molecule has 3 aromatic rings. The largest absolute Gasteiger partial charge is 0.367 e. The summed E-state index contributed by atoms with van der Waals surface area (Å²) in [6.45, 7) is 0. The van der Waals surface area contributed by atoms with Crippen molar-refractivity contribution in [3.63, 3.8) is 0 Å². The summed E-state index contributed by atoms with van der Waals surface area (Å²) in [5.74, 6) is 0.653. The number of nitrogens with zero attached hydrogens (tertiary/aromatic N) is 1. The van der Waals surface area contributed by atoms with E-state index in [4.69, 9.17) is 0 Å². The molecule has 1 heterocycles. The average Bonchev–Trinajstić information content (AvgIpc) is 3.51. The van der Waals surface area contributed by atoms with Gasteiger partial charge in [0.1, 0.15) is 5.82 Å². The summed E-state index contributed by atoms with van der Waals surface area (Å²) >= 11 is 0. The van der Waals surface area contributed by atoms with E-state index in [2.05, 4.69) is 15.6 Å². The van der Waals surface area contributed by atoms with Crippen molar-refractivity contribution in [2.24, 2.45) is 0 Å². The molecule has 0 bridgehead atoms. The molecule has 4 nitrogen and oxygen atoms in total. The zero-order valence-electron chi connectivity index (χ0n) is 14.4. The van der Waals surface area contributed by atoms with Gasteiger partial charge in [0.15, 0.2) is 0 Å². The molecule has 130 valence electrons. The highest BCUT2D eigenvalue weighted by molar-refractivity contribution is 5.95. The third-order valence-corrected chi connectivity index (χ3v) is 4.49. The van der Waals surface area contributed by atoms with E-state index in [1.807, 2.05) is 66.7 Å². The predicted octanol–water partition coefficient (Wildman–Crippen LogP) is 4.18. The molecule has 1 aliphatic carbocycles. The Kier molecular flexibility index (Phi) is 4.65. The molecule has 0 saturated heterocycles. The van der Waals surface area contributed by atoms with Crippen LogP contribution in [0.2, 0.25) is 0 Å². The van der Waals surface area contributed by atoms with Crippen LogP contribution in [0.25, 0.3) is 0 Å². The van der Waals surface area contributed by atoms with E-state index in [9.17, 15) is 4.79 Å². The lowest BCUT2D eigenvalue weighted by Gasteiger charge is -2.20. The quantitative estimate of drug-likeness (QED) is 0.706. The van der Waals surface area contributed by atoms with E-state index in [0.29, 0.717) is 11.6 Å². The molecule has 1 aromatic heterocycles. The minimum absolute atomic E-state index is 0.107. The number of carbonyl (C=O) groups is 1. The fourth-order valence-electron chi connectivity index (χ4n) is 2.95. The average molecular weight is 343 g/mol. The highest BCUT2D eigenvalue weighted by atomic mass is 16.1. The van der Waals surface area contributed by atoms with Crippen molar-refractivity contribution in [1.29, 1.82) is 0 Å². The van der Waals surface area contributed by atoms with Crippen LogP contribution < -0.4 is 10.6 Å². The molecule has 0 radical (unpaired) electrons. The Morgan fingerprint density at radius 2 is 1.54 bits per heavy atom. The van der Waals surface area contributed by atoms with Gasteiger partial charge >= 0.3 is 0 Å². The summed E-state index contributed by atoms with van der Waals surface area (Å²) in [6.07, 6.45) is 4.02. The second-order valence-corrected chi connectivity index (χ2v) is 6.58. The summed E-state index contributed by atoms with van der Waals surface area (Å²) in [7, 11) is 0. The summed E-state index contributed by atoms with van der Waals surface area (Å²) < 4.78 is 0. The van der Waals surface area contributed by atoms with Crippen molar-refractivity contribution < 1.29 is 4.79 Å². The lowest BCUT2D eigenvalue weighted by Crippen LogP contribution is -2.29. The molecule has 1 fully saturated rings. The molecule has 0 unspecified atom stereocenters. The first-order valence-corrected chi connectivity index (χ1v) is 8.93. The van der Waals surface area contributed by atoms with Crippen LogP contribution in [0.1, 0.15) is 40.4 Å². The minimum atomic E-state index is -0.196. The van der Waals surface area contributed by atoms with Gasteiger partial charge in [0.25, 0.3) is 5.91 Å². The van der Waals surface area contributed by atoms with E-state index in [-0.39, 0.29) is 11.9 Å². The zero-order chi connectivity index (χ0) is 17.8. The van der Waals surface area contributed by atoms with Crippen molar-refractivity contribution in [3.8, 4) is 0 Å². The Bertz CT molecular complexity index is 837. The number of anilines is 1. The van der Waals surface area contributed by atoms with Gasteiger partial charge in [0.05, 0.1) is 6.04 Å². The smallest absolute Gasteiger partial charge is 0.252 e. The number of carbonyl (C=O) groups excluding carboxylic acids is 1. The molecular formula is C22H21N3O. The van der Waals surface area contributed by atoms with Gasteiger partial charge in [-0.1, -0.05) is 60.7 Å². The standard InChI is InChI=1S/C22H21N3O/c26-22(18-13-14-23-20(15-18)24-19-11-12-19)25-21(16-7-3-1-4-8-16)17-9-5-2-6-10-17/h1-10,13-15,19,21H,11-12H2,(H,23,24)(H,25,26). The van der Waals surface area contributed by atoms with Crippen molar-refractivity contribution in [2.45, 2.75) is 24.9 Å². The maximum absolute atomic E-state index is 12.9. The van der Waals surface area contributed by atoms with Gasteiger partial charge in [0, 0.05) is 17.8 Å². The van der Waals surface area contributed by atoms with E-state index in [1.165, 1.54) is 12.8 Å². The first kappa shape index (κ1) is 16.3. The lowest BCUT2D eigenvalue weighted by atomic mass is 9.98. The molecule has 1 amide bonds. The fourth-order valence-corrected chi connectivity index (χ4v) is 2.95. The number of hydrogen-bond donors (Lipinski definition) is 2. The normalized spacial score (nSPS) is 13.4. The number of aromatic nitrogens is 1. The third kappa shape index (κ3) is 3.91. The Labute approximate surface area is 153 Å². The van der Waals surface area contributed by atoms with Crippen molar-refractivity contribution in [3.05, 3.63) is 95.7 Å². The maximum atomic E-state index is 12.9. The molecule has 26 heavy (non-hydrogen) atoms. The molecule has 0 atom stereocenters. The first-order chi connectivity index (χ1) is 12.8. The Morgan fingerprint density at radius 3 is 2.12 bits per heavy atom. The van der Waals surface area contributed by atoms with Crippen LogP contribution in [0.4, 0.5) is 5.82 Å². The maximum Gasteiger partial charge on any atom is 0.252 e. The molecule has 2 N–H and O–H groups in total. The molecule has 2 aromatic carbocycles. The highest BCUT2D eigenvalue weighted by Crippen LogP contribution is 2.25. The second-order valence-electron chi connectivity index (χ2n) is 6.58. The van der Waals surface area contributed by atoms with Gasteiger partial charge in [-0.15, -0.1) is 0 Å². The number of nitrogens with one attached hydrogen (secondary N) is 2. The van der Waals surface area contributed by atoms with Gasteiger partial charge in [-0.25, -0.2) is 4.98 Å². The summed E-state index contributed by atoms with van der Waals surface area (Å²) in [5, 5.41) is 6.50. The molecule has 4 heteroatoms. The molecule has 0 aliphatic heterocycles. The fraction of sp³-hybridized carbons (Fsp3) is 0.182. The van der Waals surface area contributed by atoms with Crippen molar-refractivity contribution >= 4 is 11.7 Å². The summed E-state index contributed by atoms with van der Waals surface area (Å²) in [5.41, 5.74) is 2.72. The van der Waals surface area contributed by atoms with E-state index < -0.39 is 0 Å². The predicted molar refractivity (Wildman–Crippen MR) is 103 cm³/mol. The monoisotopic (exact) mass is 343 g/mol. The van der Waals surface area contributed by atoms with Crippen LogP contribution in [-0.4, -0.2) is 16.9 Å². The van der Waals surface area contributed by atoms with Gasteiger partial charge in [-0.3, -0.25) is 4.79 Å². The van der Waals surface area contributed by atoms with Crippen LogP contribution >= 0.6 is 0 Å². The van der Waals surface area contributed by atoms with E-state index in [1.54, 1.807) is 12.3 Å². The number of rotatable bonds is 6. The van der Waals surface area contributed by atoms with Crippen LogP contribution in [-0.2, 0) is 0 Å². The van der Waals surface area contributed by atoms with E-state index >= 15 is 0 Å². The van der Waals surface area contributed by atoms with Crippen molar-refractivity contribution in [2.75, 3.05) is 5.32 Å². The Morgan fingerprint density at radius 1 is 0.923 bits per heavy atom. The Balaban J connectivity index is 1.58. The minimum Gasteiger partial charge on any atom is -0.367 e. The molecule has 0 spiro atoms. The number of amides is 1. The SMILES string of the molecule is O=C(NC(c1ccccc1)c1ccccc1)c1ccnc(NC2CC2)c1. The topological polar surface area (TPSA) is 54.0 Å². The number of benzene rings is 2. The van der Waals surface area contributed by atoms with Gasteiger partial charge in [-0.2, -0.15) is 0 Å². The zero-order valence-corrected chi connectivity index (χ0v) is 14.4. The molecule has 1 saturated carbocycles. The van der Waals surface area contributed by atoms with Gasteiger partial charge in [0.2, 0.25) is 0 Å². The summed E-state index contributed by atoms with van der Waals surface area (Å²) in [6, 6.07) is 23.9. The lowest BCUT2D eigenvalue weighted by molar-refractivity contribution is 0.0943. The molecule has 4 rings (SSSR count).